The van der Waals surface area contributed by atoms with Crippen molar-refractivity contribution in [2.75, 3.05) is 6.54 Å². The summed E-state index contributed by atoms with van der Waals surface area (Å²) in [5, 5.41) is 6.35. The molecule has 3 rings (SSSR count). The van der Waals surface area contributed by atoms with Gasteiger partial charge in [0.2, 0.25) is 0 Å². The molecule has 0 atom stereocenters. The summed E-state index contributed by atoms with van der Waals surface area (Å²) in [4.78, 5) is 12.3. The molecule has 0 aliphatic rings. The molecule has 0 fully saturated rings. The minimum atomic E-state index is -1.01. The van der Waals surface area contributed by atoms with E-state index >= 15 is 0 Å². The van der Waals surface area contributed by atoms with Crippen molar-refractivity contribution in [3.8, 4) is 11.3 Å². The van der Waals surface area contributed by atoms with Gasteiger partial charge in [-0.15, -0.1) is 0 Å². The SMILES string of the molecule is O=C(NCCc1ccccc1)c1cnoc1-c1ccc(F)c(F)c1. The summed E-state index contributed by atoms with van der Waals surface area (Å²) >= 11 is 0. The second-order valence-corrected chi connectivity index (χ2v) is 5.19. The Labute approximate surface area is 137 Å². The van der Waals surface area contributed by atoms with Gasteiger partial charge in [-0.25, -0.2) is 8.78 Å². The van der Waals surface area contributed by atoms with Crippen LogP contribution >= 0.6 is 0 Å². The molecule has 1 heterocycles. The standard InChI is InChI=1S/C18H14F2N2O2/c19-15-7-6-13(10-16(15)20)17-14(11-22-24-17)18(23)21-9-8-12-4-2-1-3-5-12/h1-7,10-11H,8-9H2,(H,21,23). The number of benzene rings is 2. The highest BCUT2D eigenvalue weighted by atomic mass is 19.2. The molecule has 0 spiro atoms. The molecule has 4 nitrogen and oxygen atoms in total. The van der Waals surface area contributed by atoms with E-state index in [4.69, 9.17) is 4.52 Å². The van der Waals surface area contributed by atoms with Crippen LogP contribution in [0.1, 0.15) is 15.9 Å². The zero-order chi connectivity index (χ0) is 16.9. The van der Waals surface area contributed by atoms with E-state index < -0.39 is 11.6 Å². The summed E-state index contributed by atoms with van der Waals surface area (Å²) in [5.74, 6) is -2.26. The second kappa shape index (κ2) is 7.04. The third-order valence-corrected chi connectivity index (χ3v) is 3.54. The van der Waals surface area contributed by atoms with Gasteiger partial charge in [-0.05, 0) is 30.2 Å². The van der Waals surface area contributed by atoms with Crippen molar-refractivity contribution in [2.45, 2.75) is 6.42 Å². The molecule has 0 aliphatic heterocycles. The molecule has 122 valence electrons. The summed E-state index contributed by atoms with van der Waals surface area (Å²) in [6, 6.07) is 13.0. The van der Waals surface area contributed by atoms with Gasteiger partial charge in [0.25, 0.3) is 5.91 Å². The van der Waals surface area contributed by atoms with E-state index in [0.717, 1.165) is 17.7 Å². The molecule has 0 aliphatic carbocycles. The zero-order valence-electron chi connectivity index (χ0n) is 12.6. The Morgan fingerprint density at radius 3 is 2.62 bits per heavy atom. The zero-order valence-corrected chi connectivity index (χ0v) is 12.6. The van der Waals surface area contributed by atoms with Crippen molar-refractivity contribution in [1.29, 1.82) is 0 Å². The number of rotatable bonds is 5. The average Bonchev–Trinajstić information content (AvgIpc) is 3.08. The predicted octanol–water partition coefficient (Wildman–Crippen LogP) is 3.59. The fraction of sp³-hybridized carbons (Fsp3) is 0.111. The number of hydrogen-bond acceptors (Lipinski definition) is 3. The Kier molecular flexibility index (Phi) is 4.65. The Morgan fingerprint density at radius 2 is 1.88 bits per heavy atom. The lowest BCUT2D eigenvalue weighted by Crippen LogP contribution is -2.25. The lowest BCUT2D eigenvalue weighted by molar-refractivity contribution is 0.0954. The number of halogens is 2. The lowest BCUT2D eigenvalue weighted by atomic mass is 10.1. The largest absolute Gasteiger partial charge is 0.355 e. The first-order chi connectivity index (χ1) is 11.6. The third-order valence-electron chi connectivity index (χ3n) is 3.54. The summed E-state index contributed by atoms with van der Waals surface area (Å²) in [6.45, 7) is 0.436. The van der Waals surface area contributed by atoms with E-state index in [2.05, 4.69) is 10.5 Å². The Balaban J connectivity index is 1.70. The van der Waals surface area contributed by atoms with Crippen LogP contribution < -0.4 is 5.32 Å². The van der Waals surface area contributed by atoms with Crippen LogP contribution in [0.4, 0.5) is 8.78 Å². The number of aromatic nitrogens is 1. The Hall–Kier alpha value is -3.02. The molecular weight excluding hydrogens is 314 g/mol. The fourth-order valence-corrected chi connectivity index (χ4v) is 2.31. The Morgan fingerprint density at radius 1 is 1.08 bits per heavy atom. The maximum Gasteiger partial charge on any atom is 0.256 e. The van der Waals surface area contributed by atoms with E-state index in [-0.39, 0.29) is 22.8 Å². The molecular formula is C18H14F2N2O2. The number of nitrogens with zero attached hydrogens (tertiary/aromatic N) is 1. The van der Waals surface area contributed by atoms with Crippen LogP contribution in [-0.4, -0.2) is 17.6 Å². The monoisotopic (exact) mass is 328 g/mol. The van der Waals surface area contributed by atoms with Crippen molar-refractivity contribution in [1.82, 2.24) is 10.5 Å². The van der Waals surface area contributed by atoms with Crippen molar-refractivity contribution in [3.05, 3.63) is 77.5 Å². The first-order valence-electron chi connectivity index (χ1n) is 7.37. The topological polar surface area (TPSA) is 55.1 Å². The summed E-state index contributed by atoms with van der Waals surface area (Å²) < 4.78 is 31.4. The van der Waals surface area contributed by atoms with E-state index in [0.29, 0.717) is 13.0 Å². The van der Waals surface area contributed by atoms with Gasteiger partial charge in [-0.1, -0.05) is 35.5 Å². The van der Waals surface area contributed by atoms with Crippen molar-refractivity contribution < 1.29 is 18.1 Å². The van der Waals surface area contributed by atoms with Crippen molar-refractivity contribution >= 4 is 5.91 Å². The van der Waals surface area contributed by atoms with Crippen LogP contribution in [0.2, 0.25) is 0 Å². The van der Waals surface area contributed by atoms with Gasteiger partial charge < -0.3 is 9.84 Å². The molecule has 0 unspecified atom stereocenters. The maximum absolute atomic E-state index is 13.4. The molecule has 1 N–H and O–H groups in total. The molecule has 24 heavy (non-hydrogen) atoms. The van der Waals surface area contributed by atoms with Gasteiger partial charge in [-0.3, -0.25) is 4.79 Å². The molecule has 1 amide bonds. The van der Waals surface area contributed by atoms with E-state index in [1.54, 1.807) is 0 Å². The van der Waals surface area contributed by atoms with Crippen LogP contribution in [0.5, 0.6) is 0 Å². The molecule has 0 saturated carbocycles. The van der Waals surface area contributed by atoms with E-state index in [9.17, 15) is 13.6 Å². The number of hydrogen-bond donors (Lipinski definition) is 1. The van der Waals surface area contributed by atoms with Crippen LogP contribution in [0, 0.1) is 11.6 Å². The van der Waals surface area contributed by atoms with E-state index in [1.807, 2.05) is 30.3 Å². The normalized spacial score (nSPS) is 10.6. The van der Waals surface area contributed by atoms with Crippen LogP contribution in [0.15, 0.2) is 59.3 Å². The lowest BCUT2D eigenvalue weighted by Gasteiger charge is -2.05. The highest BCUT2D eigenvalue weighted by Crippen LogP contribution is 2.25. The molecule has 0 bridgehead atoms. The first-order valence-corrected chi connectivity index (χ1v) is 7.37. The van der Waals surface area contributed by atoms with Gasteiger partial charge >= 0.3 is 0 Å². The van der Waals surface area contributed by atoms with Crippen LogP contribution in [0.3, 0.4) is 0 Å². The quantitative estimate of drug-likeness (QED) is 0.779. The molecule has 0 saturated heterocycles. The van der Waals surface area contributed by atoms with Crippen LogP contribution in [0.25, 0.3) is 11.3 Å². The average molecular weight is 328 g/mol. The molecule has 6 heteroatoms. The minimum absolute atomic E-state index is 0.103. The number of carbonyl (C=O) groups excluding carboxylic acids is 1. The highest BCUT2D eigenvalue weighted by Gasteiger charge is 2.18. The summed E-state index contributed by atoms with van der Waals surface area (Å²) in [6.07, 6.45) is 1.94. The van der Waals surface area contributed by atoms with Gasteiger partial charge in [0.05, 0.1) is 6.20 Å². The van der Waals surface area contributed by atoms with E-state index in [1.165, 1.54) is 12.3 Å². The molecule has 2 aromatic carbocycles. The molecule has 0 radical (unpaired) electrons. The van der Waals surface area contributed by atoms with Gasteiger partial charge in [0.15, 0.2) is 17.4 Å². The van der Waals surface area contributed by atoms with Crippen molar-refractivity contribution in [3.63, 3.8) is 0 Å². The smallest absolute Gasteiger partial charge is 0.256 e. The number of amides is 1. The maximum atomic E-state index is 13.4. The highest BCUT2D eigenvalue weighted by molar-refractivity contribution is 5.99. The summed E-state index contributed by atoms with van der Waals surface area (Å²) in [5.41, 5.74) is 1.53. The Bertz CT molecular complexity index is 847. The minimum Gasteiger partial charge on any atom is -0.355 e. The van der Waals surface area contributed by atoms with Gasteiger partial charge in [0.1, 0.15) is 5.56 Å². The number of nitrogens with one attached hydrogen (secondary N) is 1. The van der Waals surface area contributed by atoms with Crippen LogP contribution in [-0.2, 0) is 6.42 Å². The molecule has 1 aromatic heterocycles. The van der Waals surface area contributed by atoms with Gasteiger partial charge in [0, 0.05) is 12.1 Å². The summed E-state index contributed by atoms with van der Waals surface area (Å²) in [7, 11) is 0. The van der Waals surface area contributed by atoms with Crippen molar-refractivity contribution in [2.24, 2.45) is 0 Å². The fourth-order valence-electron chi connectivity index (χ4n) is 2.31. The second-order valence-electron chi connectivity index (χ2n) is 5.19. The third kappa shape index (κ3) is 3.48. The van der Waals surface area contributed by atoms with Gasteiger partial charge in [-0.2, -0.15) is 0 Å². The molecule has 3 aromatic rings. The number of carbonyl (C=O) groups is 1. The predicted molar refractivity (Wildman–Crippen MR) is 84.3 cm³/mol. The first kappa shape index (κ1) is 15.9.